The topological polar surface area (TPSA) is 33.0 Å². The fraction of sp³-hybridized carbons (Fsp3) is 0.167. The molecule has 2 nitrogen and oxygen atoms in total. The zero-order valence-corrected chi connectivity index (χ0v) is 17.4. The molecule has 2 aromatic rings. The third-order valence-electron chi connectivity index (χ3n) is 3.13. The largest absolute Gasteiger partial charge is 0.492 e. The van der Waals surface area contributed by atoms with E-state index in [2.05, 4.69) is 37.9 Å². The summed E-state index contributed by atoms with van der Waals surface area (Å²) in [6.07, 6.45) is 2.65. The molecule has 0 aliphatic rings. The first-order chi connectivity index (χ1) is 11.5. The molecule has 0 radical (unpaired) electrons. The maximum Gasteiger partial charge on any atom is 0.140 e. The van der Waals surface area contributed by atoms with Gasteiger partial charge in [-0.15, -0.1) is 0 Å². The Hall–Kier alpha value is -0.990. The number of ether oxygens (including phenoxy) is 1. The van der Waals surface area contributed by atoms with Gasteiger partial charge in [-0.25, -0.2) is 0 Å². The lowest BCUT2D eigenvalue weighted by Crippen LogP contribution is -1.98. The van der Waals surface area contributed by atoms with Crippen molar-refractivity contribution in [3.63, 3.8) is 0 Å². The van der Waals surface area contributed by atoms with E-state index < -0.39 is 0 Å². The maximum absolute atomic E-state index is 9.57. The average Bonchev–Trinajstić information content (AvgIpc) is 2.52. The first-order valence-electron chi connectivity index (χ1n) is 7.15. The van der Waals surface area contributed by atoms with Crippen molar-refractivity contribution in [1.29, 1.82) is 5.26 Å². The summed E-state index contributed by atoms with van der Waals surface area (Å²) in [5, 5.41) is 10.5. The molecule has 0 amide bonds. The van der Waals surface area contributed by atoms with Crippen molar-refractivity contribution in [1.82, 2.24) is 0 Å². The van der Waals surface area contributed by atoms with E-state index in [0.29, 0.717) is 33.5 Å². The SMILES string of the molecule is CCCOc1c(Br)cc(Br)cc1/C=C(\C#N)c1ccc(Cl)cc1Cl. The van der Waals surface area contributed by atoms with Gasteiger partial charge in [-0.2, -0.15) is 5.26 Å². The van der Waals surface area contributed by atoms with Crippen LogP contribution < -0.4 is 4.74 Å². The van der Waals surface area contributed by atoms with Gasteiger partial charge in [-0.3, -0.25) is 0 Å². The van der Waals surface area contributed by atoms with Crippen molar-refractivity contribution in [2.75, 3.05) is 6.61 Å². The third-order valence-corrected chi connectivity index (χ3v) is 4.72. The standard InChI is InChI=1S/C18H13Br2Cl2NO/c1-2-5-24-18-11(7-13(19)8-16(18)20)6-12(10-23)15-4-3-14(21)9-17(15)22/h3-4,6-9H,2,5H2,1H3/b12-6+. The van der Waals surface area contributed by atoms with Crippen LogP contribution in [0, 0.1) is 11.3 Å². The molecule has 0 fully saturated rings. The highest BCUT2D eigenvalue weighted by molar-refractivity contribution is 9.11. The van der Waals surface area contributed by atoms with E-state index in [0.717, 1.165) is 20.9 Å². The smallest absolute Gasteiger partial charge is 0.140 e. The average molecular weight is 490 g/mol. The van der Waals surface area contributed by atoms with E-state index in [1.807, 2.05) is 19.1 Å². The minimum absolute atomic E-state index is 0.431. The monoisotopic (exact) mass is 487 g/mol. The number of nitriles is 1. The molecule has 0 spiro atoms. The van der Waals surface area contributed by atoms with Crippen molar-refractivity contribution < 1.29 is 4.74 Å². The van der Waals surface area contributed by atoms with Crippen molar-refractivity contribution in [2.24, 2.45) is 0 Å². The van der Waals surface area contributed by atoms with E-state index in [-0.39, 0.29) is 0 Å². The quantitative estimate of drug-likeness (QED) is 0.324. The Bertz CT molecular complexity index is 828. The van der Waals surface area contributed by atoms with Crippen molar-refractivity contribution in [3.05, 3.63) is 60.4 Å². The second-order valence-electron chi connectivity index (χ2n) is 4.95. The Morgan fingerprint density at radius 1 is 1.25 bits per heavy atom. The number of rotatable bonds is 5. The molecule has 24 heavy (non-hydrogen) atoms. The van der Waals surface area contributed by atoms with Crippen LogP contribution in [0.1, 0.15) is 24.5 Å². The van der Waals surface area contributed by atoms with Crippen molar-refractivity contribution in [2.45, 2.75) is 13.3 Å². The van der Waals surface area contributed by atoms with E-state index >= 15 is 0 Å². The predicted molar refractivity (Wildman–Crippen MR) is 108 cm³/mol. The van der Waals surface area contributed by atoms with E-state index in [9.17, 15) is 5.26 Å². The number of nitrogens with zero attached hydrogens (tertiary/aromatic N) is 1. The Morgan fingerprint density at radius 2 is 2.00 bits per heavy atom. The number of halogens is 4. The molecule has 0 aromatic heterocycles. The molecule has 2 rings (SSSR count). The fourth-order valence-electron chi connectivity index (χ4n) is 2.08. The van der Waals surface area contributed by atoms with Crippen LogP contribution in [0.4, 0.5) is 0 Å². The van der Waals surface area contributed by atoms with Crippen LogP contribution in [0.25, 0.3) is 11.6 Å². The molecule has 2 aromatic carbocycles. The minimum Gasteiger partial charge on any atom is -0.492 e. The van der Waals surface area contributed by atoms with Gasteiger partial charge < -0.3 is 4.74 Å². The lowest BCUT2D eigenvalue weighted by molar-refractivity contribution is 0.315. The molecule has 0 aliphatic carbocycles. The summed E-state index contributed by atoms with van der Waals surface area (Å²) in [4.78, 5) is 0. The van der Waals surface area contributed by atoms with Gasteiger partial charge in [-0.05, 0) is 52.7 Å². The number of hydrogen-bond donors (Lipinski definition) is 0. The van der Waals surface area contributed by atoms with Gasteiger partial charge in [0.25, 0.3) is 0 Å². The molecule has 0 atom stereocenters. The number of allylic oxidation sites excluding steroid dienone is 1. The predicted octanol–water partition coefficient (Wildman–Crippen LogP) is 7.37. The highest BCUT2D eigenvalue weighted by atomic mass is 79.9. The molecule has 0 unspecified atom stereocenters. The highest BCUT2D eigenvalue weighted by Crippen LogP contribution is 2.36. The molecular weight excluding hydrogens is 477 g/mol. The first-order valence-corrected chi connectivity index (χ1v) is 9.49. The van der Waals surface area contributed by atoms with Gasteiger partial charge in [-0.1, -0.05) is 52.1 Å². The Morgan fingerprint density at radius 3 is 2.62 bits per heavy atom. The molecule has 0 saturated heterocycles. The van der Waals surface area contributed by atoms with Crippen LogP contribution >= 0.6 is 55.1 Å². The molecule has 0 saturated carbocycles. The molecule has 6 heteroatoms. The Kier molecular flexibility index (Phi) is 7.18. The van der Waals surface area contributed by atoms with Crippen LogP contribution in [0.3, 0.4) is 0 Å². The van der Waals surface area contributed by atoms with Crippen molar-refractivity contribution >= 4 is 66.7 Å². The third kappa shape index (κ3) is 4.77. The molecule has 0 heterocycles. The summed E-state index contributed by atoms with van der Waals surface area (Å²) >= 11 is 19.1. The van der Waals surface area contributed by atoms with E-state index in [1.54, 1.807) is 24.3 Å². The molecule has 0 bridgehead atoms. The molecule has 0 N–H and O–H groups in total. The zero-order valence-electron chi connectivity index (χ0n) is 12.7. The van der Waals surface area contributed by atoms with Crippen LogP contribution in [-0.4, -0.2) is 6.61 Å². The van der Waals surface area contributed by atoms with Gasteiger partial charge in [0.05, 0.1) is 27.7 Å². The van der Waals surface area contributed by atoms with Gasteiger partial charge in [0, 0.05) is 20.6 Å². The summed E-state index contributed by atoms with van der Waals surface area (Å²) in [5.74, 6) is 0.692. The molecule has 0 aliphatic heterocycles. The highest BCUT2D eigenvalue weighted by Gasteiger charge is 2.12. The Balaban J connectivity index is 2.57. The van der Waals surface area contributed by atoms with Crippen LogP contribution in [0.2, 0.25) is 10.0 Å². The zero-order chi connectivity index (χ0) is 17.7. The molecule has 124 valence electrons. The van der Waals surface area contributed by atoms with Gasteiger partial charge in [0.15, 0.2) is 0 Å². The van der Waals surface area contributed by atoms with E-state index in [4.69, 9.17) is 27.9 Å². The minimum atomic E-state index is 0.431. The second kappa shape index (κ2) is 8.92. The maximum atomic E-state index is 9.57. The molecular formula is C18H13Br2Cl2NO. The lowest BCUT2D eigenvalue weighted by Gasteiger charge is -2.12. The van der Waals surface area contributed by atoms with Gasteiger partial charge in [0.2, 0.25) is 0 Å². The second-order valence-corrected chi connectivity index (χ2v) is 7.56. The summed E-state index contributed by atoms with van der Waals surface area (Å²) in [6, 6.07) is 11.1. The first kappa shape index (κ1) is 19.3. The van der Waals surface area contributed by atoms with Crippen molar-refractivity contribution in [3.8, 4) is 11.8 Å². The normalized spacial score (nSPS) is 11.2. The summed E-state index contributed by atoms with van der Waals surface area (Å²) < 4.78 is 7.52. The summed E-state index contributed by atoms with van der Waals surface area (Å²) in [7, 11) is 0. The number of hydrogen-bond acceptors (Lipinski definition) is 2. The van der Waals surface area contributed by atoms with Gasteiger partial charge >= 0.3 is 0 Å². The summed E-state index contributed by atoms with van der Waals surface area (Å²) in [5.41, 5.74) is 1.84. The van der Waals surface area contributed by atoms with E-state index in [1.165, 1.54) is 0 Å². The summed E-state index contributed by atoms with van der Waals surface area (Å²) in [6.45, 7) is 2.63. The lowest BCUT2D eigenvalue weighted by atomic mass is 10.0. The fourth-order valence-corrected chi connectivity index (χ4v) is 3.96. The van der Waals surface area contributed by atoms with Crippen LogP contribution in [-0.2, 0) is 0 Å². The van der Waals surface area contributed by atoms with Gasteiger partial charge in [0.1, 0.15) is 5.75 Å². The Labute approximate surface area is 168 Å². The van der Waals surface area contributed by atoms with Crippen LogP contribution in [0.15, 0.2) is 39.3 Å². The number of benzene rings is 2. The van der Waals surface area contributed by atoms with Crippen LogP contribution in [0.5, 0.6) is 5.75 Å².